The van der Waals surface area contributed by atoms with E-state index < -0.39 is 0 Å². The van der Waals surface area contributed by atoms with Gasteiger partial charge in [-0.3, -0.25) is 0 Å². The molecule has 0 saturated heterocycles. The molecule has 47 heavy (non-hydrogen) atoms. The van der Waals surface area contributed by atoms with Crippen LogP contribution in [0.1, 0.15) is 5.56 Å². The van der Waals surface area contributed by atoms with Gasteiger partial charge in [0.2, 0.25) is 0 Å². The van der Waals surface area contributed by atoms with Gasteiger partial charge in [0.25, 0.3) is 0 Å². The smallest absolute Gasteiger partial charge is 0.136 e. The molecule has 0 aliphatic rings. The molecule has 10 rings (SSSR count). The Bertz CT molecular complexity index is 2860. The Morgan fingerprint density at radius 2 is 1.04 bits per heavy atom. The summed E-state index contributed by atoms with van der Waals surface area (Å²) in [4.78, 5) is 0. The van der Waals surface area contributed by atoms with E-state index >= 15 is 0 Å². The maximum absolute atomic E-state index is 10.0. The fourth-order valence-corrected chi connectivity index (χ4v) is 7.47. The Morgan fingerprint density at radius 3 is 1.72 bits per heavy atom. The summed E-state index contributed by atoms with van der Waals surface area (Å²) < 4.78 is 10.9. The number of hydrogen-bond acceptors (Lipinski definition) is 2. The van der Waals surface area contributed by atoms with Crippen LogP contribution in [0.25, 0.3) is 88.1 Å². The quantitative estimate of drug-likeness (QED) is 0.203. The van der Waals surface area contributed by atoms with E-state index in [1.54, 1.807) is 0 Å². The molecular weight excluding hydrogens is 574 g/mol. The van der Waals surface area contributed by atoms with E-state index in [0.717, 1.165) is 66.2 Å². The predicted octanol–water partition coefficient (Wildman–Crippen LogP) is 11.3. The zero-order valence-corrected chi connectivity index (χ0v) is 25.2. The Hall–Kier alpha value is -6.57. The number of nitrogens with zero attached hydrogens (tertiary/aromatic N) is 3. The SMILES string of the molecule is N#Cc1ccc(-c2ccc(-n3c4ccccc4c4ccccc43)cc2)c(-n2c3ccccc3c3cc4oc5ccccc5c4cc32)c1. The van der Waals surface area contributed by atoms with E-state index in [-0.39, 0.29) is 0 Å². The summed E-state index contributed by atoms with van der Waals surface area (Å²) in [5, 5.41) is 16.9. The zero-order chi connectivity index (χ0) is 31.1. The van der Waals surface area contributed by atoms with Gasteiger partial charge in [-0.2, -0.15) is 5.26 Å². The summed E-state index contributed by atoms with van der Waals surface area (Å²) in [5.41, 5.74) is 11.1. The van der Waals surface area contributed by atoms with Crippen molar-refractivity contribution in [2.24, 2.45) is 0 Å². The summed E-state index contributed by atoms with van der Waals surface area (Å²) in [5.74, 6) is 0. The van der Waals surface area contributed by atoms with Crippen LogP contribution < -0.4 is 0 Å². The molecule has 3 heterocycles. The molecule has 0 aliphatic carbocycles. The van der Waals surface area contributed by atoms with Crippen LogP contribution in [0.2, 0.25) is 0 Å². The summed E-state index contributed by atoms with van der Waals surface area (Å²) in [6.07, 6.45) is 0. The molecule has 3 aromatic heterocycles. The van der Waals surface area contributed by atoms with Crippen molar-refractivity contribution in [1.29, 1.82) is 5.26 Å². The van der Waals surface area contributed by atoms with Crippen molar-refractivity contribution in [2.45, 2.75) is 0 Å². The minimum absolute atomic E-state index is 0.617. The second kappa shape index (κ2) is 9.71. The van der Waals surface area contributed by atoms with Gasteiger partial charge >= 0.3 is 0 Å². The molecule has 4 nitrogen and oxygen atoms in total. The Balaban J connectivity index is 1.21. The lowest BCUT2D eigenvalue weighted by molar-refractivity contribution is 0.669. The summed E-state index contributed by atoms with van der Waals surface area (Å²) >= 11 is 0. The highest BCUT2D eigenvalue weighted by Crippen LogP contribution is 2.41. The van der Waals surface area contributed by atoms with Crippen molar-refractivity contribution in [3.8, 4) is 28.6 Å². The Kier molecular flexibility index (Phi) is 5.32. The van der Waals surface area contributed by atoms with Crippen LogP contribution in [-0.2, 0) is 0 Å². The van der Waals surface area contributed by atoms with Crippen LogP contribution >= 0.6 is 0 Å². The average Bonchev–Trinajstić information content (AvgIpc) is 3.78. The summed E-state index contributed by atoms with van der Waals surface area (Å²) in [7, 11) is 0. The third-order valence-electron chi connectivity index (χ3n) is 9.56. The first kappa shape index (κ1) is 25.7. The van der Waals surface area contributed by atoms with Crippen LogP contribution in [0.5, 0.6) is 0 Å². The standard InChI is InChI=1S/C43H25N3O/c44-26-27-17-22-30(28-18-20-29(21-19-28)45-37-13-5-1-9-31(37)32-10-2-6-14-38(32)45)40(23-27)46-39-15-7-3-11-33(39)35-25-43-36(24-41(35)46)34-12-4-8-16-42(34)47-43/h1-25H. The van der Waals surface area contributed by atoms with Crippen molar-refractivity contribution in [3.63, 3.8) is 0 Å². The number of rotatable bonds is 3. The molecule has 0 spiro atoms. The lowest BCUT2D eigenvalue weighted by Crippen LogP contribution is -1.99. The van der Waals surface area contributed by atoms with E-state index in [1.165, 1.54) is 21.8 Å². The average molecular weight is 600 g/mol. The maximum atomic E-state index is 10.0. The highest BCUT2D eigenvalue weighted by Gasteiger charge is 2.19. The molecule has 0 amide bonds. The molecule has 0 fully saturated rings. The minimum atomic E-state index is 0.617. The number of nitriles is 1. The van der Waals surface area contributed by atoms with E-state index in [9.17, 15) is 5.26 Å². The van der Waals surface area contributed by atoms with Crippen molar-refractivity contribution in [1.82, 2.24) is 9.13 Å². The van der Waals surface area contributed by atoms with Gasteiger partial charge in [0.15, 0.2) is 0 Å². The fourth-order valence-electron chi connectivity index (χ4n) is 7.47. The number of hydrogen-bond donors (Lipinski definition) is 0. The van der Waals surface area contributed by atoms with Gasteiger partial charge in [0.1, 0.15) is 11.2 Å². The first-order valence-electron chi connectivity index (χ1n) is 15.7. The molecule has 0 bridgehead atoms. The van der Waals surface area contributed by atoms with Gasteiger partial charge in [-0.25, -0.2) is 0 Å². The van der Waals surface area contributed by atoms with Gasteiger partial charge in [-0.1, -0.05) is 91.0 Å². The molecule has 0 aliphatic heterocycles. The normalized spacial score (nSPS) is 11.8. The van der Waals surface area contributed by atoms with Gasteiger partial charge in [0, 0.05) is 43.6 Å². The zero-order valence-electron chi connectivity index (χ0n) is 25.2. The summed E-state index contributed by atoms with van der Waals surface area (Å²) in [6.45, 7) is 0. The van der Waals surface area contributed by atoms with Gasteiger partial charge < -0.3 is 13.6 Å². The third-order valence-corrected chi connectivity index (χ3v) is 9.56. The van der Waals surface area contributed by atoms with Crippen molar-refractivity contribution < 1.29 is 4.42 Å². The molecule has 0 saturated carbocycles. The molecule has 7 aromatic carbocycles. The minimum Gasteiger partial charge on any atom is -0.456 e. The monoisotopic (exact) mass is 599 g/mol. The van der Waals surface area contributed by atoms with Crippen molar-refractivity contribution in [2.75, 3.05) is 0 Å². The van der Waals surface area contributed by atoms with E-state index in [0.29, 0.717) is 5.56 Å². The number of para-hydroxylation sites is 4. The number of benzene rings is 7. The second-order valence-electron chi connectivity index (χ2n) is 12.1. The van der Waals surface area contributed by atoms with E-state index in [1.807, 2.05) is 24.3 Å². The fraction of sp³-hybridized carbons (Fsp3) is 0. The lowest BCUT2D eigenvalue weighted by Gasteiger charge is -2.15. The number of fused-ring (bicyclic) bond motifs is 9. The van der Waals surface area contributed by atoms with E-state index in [2.05, 4.69) is 143 Å². The molecule has 10 aromatic rings. The first-order valence-corrected chi connectivity index (χ1v) is 15.7. The van der Waals surface area contributed by atoms with Gasteiger partial charge in [0.05, 0.1) is 39.4 Å². The van der Waals surface area contributed by atoms with Crippen molar-refractivity contribution in [3.05, 3.63) is 157 Å². The van der Waals surface area contributed by atoms with Gasteiger partial charge in [-0.05, 0) is 66.2 Å². The van der Waals surface area contributed by atoms with E-state index in [4.69, 9.17) is 4.42 Å². The highest BCUT2D eigenvalue weighted by molar-refractivity contribution is 6.17. The molecule has 0 unspecified atom stereocenters. The van der Waals surface area contributed by atoms with Crippen LogP contribution in [-0.4, -0.2) is 9.13 Å². The largest absolute Gasteiger partial charge is 0.456 e. The van der Waals surface area contributed by atoms with Crippen LogP contribution in [0, 0.1) is 11.3 Å². The highest BCUT2D eigenvalue weighted by atomic mass is 16.3. The van der Waals surface area contributed by atoms with Gasteiger partial charge in [-0.15, -0.1) is 0 Å². The maximum Gasteiger partial charge on any atom is 0.136 e. The molecular formula is C43H25N3O. The van der Waals surface area contributed by atoms with Crippen LogP contribution in [0.3, 0.4) is 0 Å². The molecule has 0 atom stereocenters. The predicted molar refractivity (Wildman–Crippen MR) is 193 cm³/mol. The first-order chi connectivity index (χ1) is 23.3. The molecule has 0 radical (unpaired) electrons. The Morgan fingerprint density at radius 1 is 0.447 bits per heavy atom. The molecule has 4 heteroatoms. The third kappa shape index (κ3) is 3.69. The van der Waals surface area contributed by atoms with Crippen LogP contribution in [0.15, 0.2) is 156 Å². The topological polar surface area (TPSA) is 46.8 Å². The van der Waals surface area contributed by atoms with Crippen LogP contribution in [0.4, 0.5) is 0 Å². The summed E-state index contributed by atoms with van der Waals surface area (Å²) in [6, 6.07) is 55.4. The molecule has 0 N–H and O–H groups in total. The Labute approximate surface area is 269 Å². The number of aromatic nitrogens is 2. The second-order valence-corrected chi connectivity index (χ2v) is 12.1. The number of furan rings is 1. The van der Waals surface area contributed by atoms with Crippen molar-refractivity contribution >= 4 is 65.6 Å². The molecule has 218 valence electrons. The lowest BCUT2D eigenvalue weighted by atomic mass is 10.0.